The van der Waals surface area contributed by atoms with Crippen molar-refractivity contribution in [3.8, 4) is 0 Å². The van der Waals surface area contributed by atoms with Crippen LogP contribution in [0.15, 0.2) is 23.1 Å². The van der Waals surface area contributed by atoms with E-state index in [2.05, 4.69) is 0 Å². The van der Waals surface area contributed by atoms with E-state index in [4.69, 9.17) is 10.5 Å². The molecule has 0 amide bonds. The van der Waals surface area contributed by atoms with Crippen molar-refractivity contribution in [3.63, 3.8) is 0 Å². The first-order chi connectivity index (χ1) is 9.93. The van der Waals surface area contributed by atoms with Crippen LogP contribution in [0.2, 0.25) is 0 Å². The van der Waals surface area contributed by atoms with Gasteiger partial charge in [0.2, 0.25) is 0 Å². The molecule has 2 aliphatic heterocycles. The maximum Gasteiger partial charge on any atom is 0.181 e. The molecule has 0 radical (unpaired) electrons. The number of hydrogen-bond acceptors (Lipinski definition) is 5. The van der Waals surface area contributed by atoms with Crippen LogP contribution < -0.4 is 5.73 Å². The van der Waals surface area contributed by atoms with Crippen molar-refractivity contribution in [1.29, 1.82) is 0 Å². The number of hydrogen-bond donors (Lipinski definition) is 1. The Hall–Kier alpha value is -0.720. The Morgan fingerprint density at radius 1 is 1.43 bits per heavy atom. The van der Waals surface area contributed by atoms with Crippen molar-refractivity contribution in [2.75, 3.05) is 23.8 Å². The van der Waals surface area contributed by atoms with E-state index in [-0.39, 0.29) is 10.9 Å². The number of anilines is 1. The van der Waals surface area contributed by atoms with Crippen molar-refractivity contribution in [2.24, 2.45) is 0 Å². The van der Waals surface area contributed by atoms with E-state index < -0.39 is 9.84 Å². The lowest BCUT2D eigenvalue weighted by Gasteiger charge is -2.37. The molecule has 21 heavy (non-hydrogen) atoms. The fourth-order valence-electron chi connectivity index (χ4n) is 3.21. The van der Waals surface area contributed by atoms with Crippen molar-refractivity contribution in [3.05, 3.63) is 23.8 Å². The summed E-state index contributed by atoms with van der Waals surface area (Å²) in [6.07, 6.45) is 2.14. The predicted octanol–water partition coefficient (Wildman–Crippen LogP) is 2.41. The highest BCUT2D eigenvalue weighted by Crippen LogP contribution is 2.41. The third kappa shape index (κ3) is 2.81. The number of benzene rings is 1. The van der Waals surface area contributed by atoms with Gasteiger partial charge in [0.1, 0.15) is 0 Å². The lowest BCUT2D eigenvalue weighted by atomic mass is 9.93. The number of nitrogen functional groups attached to an aromatic ring is 1. The molecule has 2 aliphatic rings. The Labute approximate surface area is 130 Å². The molecule has 1 spiro atoms. The second-order valence-corrected chi connectivity index (χ2v) is 9.32. The molecule has 2 saturated heterocycles. The van der Waals surface area contributed by atoms with Gasteiger partial charge in [-0.25, -0.2) is 8.42 Å². The zero-order chi connectivity index (χ0) is 15.1. The second kappa shape index (κ2) is 5.48. The summed E-state index contributed by atoms with van der Waals surface area (Å²) in [4.78, 5) is 0.384. The van der Waals surface area contributed by atoms with Gasteiger partial charge < -0.3 is 10.5 Å². The Morgan fingerprint density at radius 3 is 2.95 bits per heavy atom. The molecule has 2 N–H and O–H groups in total. The third-order valence-corrected chi connectivity index (χ3v) is 8.03. The molecule has 1 aromatic rings. The van der Waals surface area contributed by atoms with E-state index in [1.807, 2.05) is 18.7 Å². The smallest absolute Gasteiger partial charge is 0.181 e. The summed E-state index contributed by atoms with van der Waals surface area (Å²) in [7, 11) is -3.35. The van der Waals surface area contributed by atoms with E-state index in [0.29, 0.717) is 30.0 Å². The number of nitrogens with two attached hydrogens (primary N) is 1. The molecular formula is C15H21NO3S2. The second-order valence-electron chi connectivity index (χ2n) is 6.02. The number of sulfone groups is 1. The van der Waals surface area contributed by atoms with Gasteiger partial charge in [-0.2, -0.15) is 11.8 Å². The molecule has 2 fully saturated rings. The first kappa shape index (κ1) is 15.2. The van der Waals surface area contributed by atoms with Gasteiger partial charge in [-0.3, -0.25) is 0 Å². The Kier molecular flexibility index (Phi) is 3.96. The van der Waals surface area contributed by atoms with Gasteiger partial charge >= 0.3 is 0 Å². The third-order valence-electron chi connectivity index (χ3n) is 4.47. The van der Waals surface area contributed by atoms with E-state index in [0.717, 1.165) is 23.5 Å². The highest BCUT2D eigenvalue weighted by Gasteiger charge is 2.45. The van der Waals surface area contributed by atoms with Crippen LogP contribution in [0, 0.1) is 6.92 Å². The van der Waals surface area contributed by atoms with Crippen LogP contribution in [0.5, 0.6) is 0 Å². The Bertz CT molecular complexity index is 636. The maximum absolute atomic E-state index is 13.0. The topological polar surface area (TPSA) is 69.4 Å². The average molecular weight is 327 g/mol. The number of aryl methyl sites for hydroxylation is 1. The summed E-state index contributed by atoms with van der Waals surface area (Å²) >= 11 is 1.85. The summed E-state index contributed by atoms with van der Waals surface area (Å²) in [5, 5.41) is -0.356. The summed E-state index contributed by atoms with van der Waals surface area (Å²) in [6, 6.07) is 5.12. The van der Waals surface area contributed by atoms with Gasteiger partial charge in [-0.15, -0.1) is 0 Å². The van der Waals surface area contributed by atoms with E-state index in [1.165, 1.54) is 0 Å². The molecule has 3 rings (SSSR count). The molecule has 116 valence electrons. The molecule has 1 aromatic carbocycles. The van der Waals surface area contributed by atoms with Gasteiger partial charge in [-0.05, 0) is 49.6 Å². The highest BCUT2D eigenvalue weighted by molar-refractivity contribution is 7.99. The minimum absolute atomic E-state index is 0.227. The zero-order valence-corrected chi connectivity index (χ0v) is 13.8. The summed E-state index contributed by atoms with van der Waals surface area (Å²) in [6.45, 7) is 2.36. The van der Waals surface area contributed by atoms with Gasteiger partial charge in [0.25, 0.3) is 0 Å². The lowest BCUT2D eigenvalue weighted by molar-refractivity contribution is -0.0572. The normalized spacial score (nSPS) is 29.9. The van der Waals surface area contributed by atoms with Crippen molar-refractivity contribution < 1.29 is 13.2 Å². The molecule has 0 aromatic heterocycles. The average Bonchev–Trinajstić information content (AvgIpc) is 2.89. The van der Waals surface area contributed by atoms with E-state index >= 15 is 0 Å². The van der Waals surface area contributed by atoms with Gasteiger partial charge in [0.15, 0.2) is 9.84 Å². The van der Waals surface area contributed by atoms with Crippen LogP contribution in [0.4, 0.5) is 5.69 Å². The quantitative estimate of drug-likeness (QED) is 0.845. The SMILES string of the molecule is Cc1ccc(N)cc1S(=O)(=O)C1CCOC2(CCSC2)C1. The monoisotopic (exact) mass is 327 g/mol. The van der Waals surface area contributed by atoms with Gasteiger partial charge in [-0.1, -0.05) is 6.07 Å². The largest absolute Gasteiger partial charge is 0.399 e. The first-order valence-electron chi connectivity index (χ1n) is 7.25. The van der Waals surface area contributed by atoms with Crippen molar-refractivity contribution in [1.82, 2.24) is 0 Å². The number of rotatable bonds is 2. The van der Waals surface area contributed by atoms with E-state index in [9.17, 15) is 8.42 Å². The zero-order valence-electron chi connectivity index (χ0n) is 12.2. The predicted molar refractivity (Wildman–Crippen MR) is 86.4 cm³/mol. The first-order valence-corrected chi connectivity index (χ1v) is 9.95. The molecule has 0 aliphatic carbocycles. The summed E-state index contributed by atoms with van der Waals surface area (Å²) < 4.78 is 31.9. The van der Waals surface area contributed by atoms with Crippen LogP contribution in [0.25, 0.3) is 0 Å². The fourth-order valence-corrected chi connectivity index (χ4v) is 6.70. The lowest BCUT2D eigenvalue weighted by Crippen LogP contribution is -2.44. The summed E-state index contributed by atoms with van der Waals surface area (Å²) in [5.41, 5.74) is 6.82. The molecule has 2 unspecified atom stereocenters. The Morgan fingerprint density at radius 2 is 2.24 bits per heavy atom. The minimum atomic E-state index is -3.35. The van der Waals surface area contributed by atoms with Crippen LogP contribution in [-0.2, 0) is 14.6 Å². The molecule has 0 saturated carbocycles. The molecule has 2 atom stereocenters. The molecular weight excluding hydrogens is 306 g/mol. The van der Waals surface area contributed by atoms with E-state index in [1.54, 1.807) is 18.2 Å². The standard InChI is InChI=1S/C15H21NO3S2/c1-11-2-3-12(16)8-14(11)21(17,18)13-4-6-19-15(9-13)5-7-20-10-15/h2-3,8,13H,4-7,9-10,16H2,1H3. The maximum atomic E-state index is 13.0. The molecule has 6 heteroatoms. The number of ether oxygens (including phenoxy) is 1. The molecule has 2 heterocycles. The van der Waals surface area contributed by atoms with Crippen molar-refractivity contribution in [2.45, 2.75) is 41.9 Å². The number of thioether (sulfide) groups is 1. The van der Waals surface area contributed by atoms with Crippen LogP contribution in [0.1, 0.15) is 24.8 Å². The van der Waals surface area contributed by atoms with Gasteiger partial charge in [0, 0.05) is 18.0 Å². The molecule has 4 nitrogen and oxygen atoms in total. The Balaban J connectivity index is 1.92. The minimum Gasteiger partial charge on any atom is -0.399 e. The van der Waals surface area contributed by atoms with Crippen LogP contribution in [0.3, 0.4) is 0 Å². The molecule has 0 bridgehead atoms. The van der Waals surface area contributed by atoms with Crippen LogP contribution >= 0.6 is 11.8 Å². The van der Waals surface area contributed by atoms with Crippen molar-refractivity contribution >= 4 is 27.3 Å². The fraction of sp³-hybridized carbons (Fsp3) is 0.600. The highest BCUT2D eigenvalue weighted by atomic mass is 32.2. The summed E-state index contributed by atoms with van der Waals surface area (Å²) in [5.74, 6) is 1.97. The van der Waals surface area contributed by atoms with Gasteiger partial charge in [0.05, 0.1) is 15.7 Å². The van der Waals surface area contributed by atoms with Crippen LogP contribution in [-0.4, -0.2) is 37.4 Å².